The van der Waals surface area contributed by atoms with Gasteiger partial charge in [-0.15, -0.1) is 0 Å². The van der Waals surface area contributed by atoms with E-state index in [0.29, 0.717) is 30.4 Å². The molecule has 14 heteroatoms. The summed E-state index contributed by atoms with van der Waals surface area (Å²) in [6, 6.07) is 9.83. The highest BCUT2D eigenvalue weighted by Gasteiger charge is 2.68. The lowest BCUT2D eigenvalue weighted by Crippen LogP contribution is -2.59. The summed E-state index contributed by atoms with van der Waals surface area (Å²) in [5, 5.41) is 13.3. The van der Waals surface area contributed by atoms with Crippen LogP contribution in [0.15, 0.2) is 60.7 Å². The third-order valence-corrected chi connectivity index (χ3v) is 10.2. The number of benzene rings is 2. The Bertz CT molecular complexity index is 1810. The molecule has 1 saturated carbocycles. The van der Waals surface area contributed by atoms with Crippen molar-refractivity contribution in [2.75, 3.05) is 6.54 Å². The zero-order chi connectivity index (χ0) is 38.1. The largest absolute Gasteiger partial charge is 0.479 e. The van der Waals surface area contributed by atoms with Gasteiger partial charge < -0.3 is 24.8 Å². The first kappa shape index (κ1) is 37.5. The number of rotatable bonds is 4. The Morgan fingerprint density at radius 1 is 0.962 bits per heavy atom. The third kappa shape index (κ3) is 7.91. The molecule has 2 N–H and O–H groups in total. The van der Waals surface area contributed by atoms with Crippen LogP contribution in [0.5, 0.6) is 0 Å². The molecule has 1 saturated heterocycles. The maximum atomic E-state index is 14.9. The molecule has 0 radical (unpaired) electrons. The van der Waals surface area contributed by atoms with Gasteiger partial charge in [-0.1, -0.05) is 55.3 Å². The summed E-state index contributed by atoms with van der Waals surface area (Å²) in [6.45, 7) is 4.83. The topological polar surface area (TPSA) is 163 Å². The zero-order valence-corrected chi connectivity index (χ0v) is 30.1. The second-order valence-electron chi connectivity index (χ2n) is 15.1. The molecule has 0 bridgehead atoms. The first-order chi connectivity index (χ1) is 25.2. The molecule has 2 aromatic carbocycles. The summed E-state index contributed by atoms with van der Waals surface area (Å²) in [7, 11) is 0. The van der Waals surface area contributed by atoms with E-state index >= 15 is 0 Å². The van der Waals surface area contributed by atoms with Crippen LogP contribution in [0.25, 0.3) is 0 Å². The third-order valence-electron chi connectivity index (χ3n) is 10.2. The van der Waals surface area contributed by atoms with Crippen molar-refractivity contribution in [1.82, 2.24) is 20.0 Å². The molecule has 6 rings (SSSR count). The average molecular weight is 733 g/mol. The maximum absolute atomic E-state index is 14.9. The number of carboxylic acid groups (broad SMARTS) is 1. The zero-order valence-electron chi connectivity index (χ0n) is 30.1. The molecule has 3 heterocycles. The number of nitrogens with zero attached hydrogens (tertiary/aromatic N) is 3. The molecule has 0 unspecified atom stereocenters. The fourth-order valence-electron chi connectivity index (χ4n) is 7.48. The number of carboxylic acids is 1. The summed E-state index contributed by atoms with van der Waals surface area (Å²) < 4.78 is 25.8. The summed E-state index contributed by atoms with van der Waals surface area (Å²) in [5.41, 5.74) is -1.70. The van der Waals surface area contributed by atoms with Gasteiger partial charge in [0.05, 0.1) is 13.1 Å². The standard InChI is InChI=1S/C39H45FN4O9/c1-38(2,3)53-36(50)41-30-18-11-6-4-5-10-16-26-20-39(26,35(48)49)44(32(45)24-13-8-7-9-14-24)34(47)31-19-27(22-43(31)33(30)46)52-37(51)42-21-25-15-12-17-29(40)28(25)23-42/h7-10,12-17,26-27,30-31H,4-6,11,18-23H2,1-3H3,(H,41,50)(H,48,49)/b16-10-/t26-,27-,30+,31+,39-/m1/s1. The number of allylic oxidation sites excluding steroid dienone is 1. The molecule has 0 aromatic heterocycles. The van der Waals surface area contributed by atoms with Gasteiger partial charge in [-0.2, -0.15) is 0 Å². The highest BCUT2D eigenvalue weighted by Crippen LogP contribution is 2.51. The number of imide groups is 1. The predicted molar refractivity (Wildman–Crippen MR) is 188 cm³/mol. The van der Waals surface area contributed by atoms with Crippen LogP contribution < -0.4 is 5.32 Å². The van der Waals surface area contributed by atoms with Gasteiger partial charge >= 0.3 is 18.2 Å². The first-order valence-corrected chi connectivity index (χ1v) is 18.0. The molecular weight excluding hydrogens is 687 g/mol. The summed E-state index contributed by atoms with van der Waals surface area (Å²) in [4.78, 5) is 86.5. The average Bonchev–Trinajstić information content (AvgIpc) is 3.41. The van der Waals surface area contributed by atoms with Crippen LogP contribution in [-0.2, 0) is 36.9 Å². The van der Waals surface area contributed by atoms with Gasteiger partial charge in [0, 0.05) is 30.0 Å². The van der Waals surface area contributed by atoms with Crippen molar-refractivity contribution in [2.24, 2.45) is 5.92 Å². The Labute approximate surface area is 307 Å². The molecule has 13 nitrogen and oxygen atoms in total. The molecule has 2 fully saturated rings. The van der Waals surface area contributed by atoms with E-state index in [1.165, 1.54) is 28.0 Å². The van der Waals surface area contributed by atoms with E-state index in [1.54, 1.807) is 57.2 Å². The molecule has 0 spiro atoms. The molecule has 282 valence electrons. The van der Waals surface area contributed by atoms with Crippen LogP contribution in [0.3, 0.4) is 0 Å². The van der Waals surface area contributed by atoms with Crippen molar-refractivity contribution in [1.29, 1.82) is 0 Å². The number of hydrogen-bond acceptors (Lipinski definition) is 8. The number of alkyl carbamates (subject to hydrolysis) is 1. The number of halogens is 1. The van der Waals surface area contributed by atoms with E-state index < -0.39 is 76.9 Å². The van der Waals surface area contributed by atoms with Crippen LogP contribution in [0.1, 0.15) is 87.2 Å². The highest BCUT2D eigenvalue weighted by molar-refractivity contribution is 6.11. The predicted octanol–water partition coefficient (Wildman–Crippen LogP) is 5.17. The van der Waals surface area contributed by atoms with Gasteiger partial charge in [-0.3, -0.25) is 24.2 Å². The lowest BCUT2D eigenvalue weighted by Gasteiger charge is -2.34. The maximum Gasteiger partial charge on any atom is 0.410 e. The first-order valence-electron chi connectivity index (χ1n) is 18.0. The summed E-state index contributed by atoms with van der Waals surface area (Å²) in [6.07, 6.45) is 3.41. The summed E-state index contributed by atoms with van der Waals surface area (Å²) >= 11 is 0. The van der Waals surface area contributed by atoms with E-state index in [1.807, 2.05) is 6.08 Å². The van der Waals surface area contributed by atoms with E-state index in [2.05, 4.69) is 5.32 Å². The van der Waals surface area contributed by atoms with Crippen LogP contribution in [0, 0.1) is 11.7 Å². The second kappa shape index (κ2) is 15.0. The minimum atomic E-state index is -1.91. The SMILES string of the molecule is CC(C)(C)OC(=O)N[C@H]1CCCCC/C=C\[C@@H]2C[C@@]2(C(=O)O)N(C(=O)c2ccccc2)C(=O)[C@@H]2C[C@@H](OC(=O)N3Cc4cccc(F)c4C3)CN2C1=O. The number of hydrogen-bond donors (Lipinski definition) is 2. The molecule has 53 heavy (non-hydrogen) atoms. The monoisotopic (exact) mass is 732 g/mol. The van der Waals surface area contributed by atoms with Crippen molar-refractivity contribution < 1.29 is 47.7 Å². The summed E-state index contributed by atoms with van der Waals surface area (Å²) in [5.74, 6) is -4.93. The minimum Gasteiger partial charge on any atom is -0.479 e. The van der Waals surface area contributed by atoms with Gasteiger partial charge in [-0.05, 0) is 70.2 Å². The number of carbonyl (C=O) groups excluding carboxylic acids is 5. The smallest absolute Gasteiger partial charge is 0.410 e. The Hall–Kier alpha value is -5.27. The van der Waals surface area contributed by atoms with Crippen molar-refractivity contribution in [3.8, 4) is 0 Å². The van der Waals surface area contributed by atoms with Crippen molar-refractivity contribution in [2.45, 2.75) is 108 Å². The van der Waals surface area contributed by atoms with Crippen molar-refractivity contribution >= 4 is 35.9 Å². The molecule has 3 aliphatic heterocycles. The molecule has 5 amide bonds. The van der Waals surface area contributed by atoms with E-state index in [0.717, 1.165) is 11.3 Å². The van der Waals surface area contributed by atoms with Crippen LogP contribution in [0.2, 0.25) is 0 Å². The van der Waals surface area contributed by atoms with E-state index in [-0.39, 0.29) is 44.5 Å². The quantitative estimate of drug-likeness (QED) is 0.319. The lowest BCUT2D eigenvalue weighted by atomic mass is 10.0. The normalized spacial score (nSPS) is 26.7. The fourth-order valence-corrected chi connectivity index (χ4v) is 7.48. The Morgan fingerprint density at radius 2 is 1.72 bits per heavy atom. The Morgan fingerprint density at radius 3 is 2.42 bits per heavy atom. The number of amides is 5. The second-order valence-corrected chi connectivity index (χ2v) is 15.1. The number of nitrogens with one attached hydrogen (secondary N) is 1. The number of fused-ring (bicyclic) bond motifs is 3. The van der Waals surface area contributed by atoms with E-state index in [4.69, 9.17) is 9.47 Å². The number of aliphatic carboxylic acids is 1. The lowest BCUT2D eigenvalue weighted by molar-refractivity contribution is -0.153. The minimum absolute atomic E-state index is 0.0167. The molecule has 4 aliphatic rings. The van der Waals surface area contributed by atoms with Crippen LogP contribution in [-0.4, -0.2) is 91.6 Å². The van der Waals surface area contributed by atoms with Gasteiger partial charge in [0.1, 0.15) is 29.6 Å². The van der Waals surface area contributed by atoms with Gasteiger partial charge in [0.15, 0.2) is 5.54 Å². The van der Waals surface area contributed by atoms with E-state index in [9.17, 15) is 38.3 Å². The fraction of sp³-hybridized carbons (Fsp3) is 0.487. The Kier molecular flexibility index (Phi) is 10.6. The van der Waals surface area contributed by atoms with Gasteiger partial charge in [0.2, 0.25) is 5.91 Å². The number of carbonyl (C=O) groups is 6. The number of ether oxygens (including phenoxy) is 2. The molecule has 5 atom stereocenters. The van der Waals surface area contributed by atoms with Crippen LogP contribution >= 0.6 is 0 Å². The Balaban J connectivity index is 1.35. The van der Waals surface area contributed by atoms with Gasteiger partial charge in [0.25, 0.3) is 11.8 Å². The molecular formula is C39H45FN4O9. The van der Waals surface area contributed by atoms with Gasteiger partial charge in [-0.25, -0.2) is 18.8 Å². The van der Waals surface area contributed by atoms with Crippen molar-refractivity contribution in [3.05, 3.63) is 83.2 Å². The molecule has 2 aromatic rings. The highest BCUT2D eigenvalue weighted by atomic mass is 19.1. The van der Waals surface area contributed by atoms with Crippen molar-refractivity contribution in [3.63, 3.8) is 0 Å². The van der Waals surface area contributed by atoms with Crippen LogP contribution in [0.4, 0.5) is 14.0 Å². The molecule has 1 aliphatic carbocycles.